The molecule has 0 unspecified atom stereocenters. The van der Waals surface area contributed by atoms with Crippen LogP contribution in [0, 0.1) is 0 Å². The molecule has 0 radical (unpaired) electrons. The van der Waals surface area contributed by atoms with Crippen LogP contribution in [-0.2, 0) is 4.74 Å². The summed E-state index contributed by atoms with van der Waals surface area (Å²) in [5.74, 6) is 0. The molecule has 0 aromatic rings. The zero-order valence-corrected chi connectivity index (χ0v) is 6.03. The lowest BCUT2D eigenvalue weighted by Crippen LogP contribution is -2.29. The summed E-state index contributed by atoms with van der Waals surface area (Å²) in [4.78, 5) is 0. The lowest BCUT2D eigenvalue weighted by Gasteiger charge is -2.18. The summed E-state index contributed by atoms with van der Waals surface area (Å²) in [5.41, 5.74) is 2.58. The number of rotatable bonds is 0. The van der Waals surface area contributed by atoms with Gasteiger partial charge in [-0.2, -0.15) is 0 Å². The molecule has 0 aromatic heterocycles. The smallest absolute Gasteiger partial charge is 0.0862 e. The fourth-order valence-corrected chi connectivity index (χ4v) is 0.820. The predicted octanol–water partition coefficient (Wildman–Crippen LogP) is 0.900. The Kier molecular flexibility index (Phi) is 2.11. The molecule has 9 heavy (non-hydrogen) atoms. The molecule has 1 rings (SSSR count). The monoisotopic (exact) mass is 127 g/mol. The maximum atomic E-state index is 5.22. The standard InChI is InChI=1S/C7H13NO/c1-6(2)7-5-9-4-3-8-7/h8H,3-5H2,1-2H3. The molecule has 0 aromatic carbocycles. The van der Waals surface area contributed by atoms with Gasteiger partial charge in [0.15, 0.2) is 0 Å². The molecule has 0 atom stereocenters. The van der Waals surface area contributed by atoms with E-state index in [9.17, 15) is 0 Å². The Morgan fingerprint density at radius 1 is 1.56 bits per heavy atom. The van der Waals surface area contributed by atoms with E-state index in [-0.39, 0.29) is 0 Å². The molecule has 1 saturated heterocycles. The van der Waals surface area contributed by atoms with Crippen molar-refractivity contribution in [2.24, 2.45) is 0 Å². The highest BCUT2D eigenvalue weighted by atomic mass is 16.5. The minimum Gasteiger partial charge on any atom is -0.384 e. The van der Waals surface area contributed by atoms with Crippen molar-refractivity contribution in [1.29, 1.82) is 0 Å². The average Bonchev–Trinajstić information content (AvgIpc) is 1.90. The minimum absolute atomic E-state index is 0.766. The lowest BCUT2D eigenvalue weighted by molar-refractivity contribution is 0.131. The molecule has 0 bridgehead atoms. The van der Waals surface area contributed by atoms with Crippen LogP contribution in [0.15, 0.2) is 11.3 Å². The highest BCUT2D eigenvalue weighted by Gasteiger charge is 2.03. The quantitative estimate of drug-likeness (QED) is 0.522. The number of ether oxygens (including phenoxy) is 1. The first kappa shape index (κ1) is 6.62. The van der Waals surface area contributed by atoms with Gasteiger partial charge in [0.2, 0.25) is 0 Å². The van der Waals surface area contributed by atoms with Gasteiger partial charge in [0.05, 0.1) is 13.2 Å². The molecule has 1 heterocycles. The van der Waals surface area contributed by atoms with Crippen molar-refractivity contribution in [2.45, 2.75) is 13.8 Å². The Morgan fingerprint density at radius 2 is 2.33 bits per heavy atom. The summed E-state index contributed by atoms with van der Waals surface area (Å²) in [6.45, 7) is 6.76. The number of hydrogen-bond donors (Lipinski definition) is 1. The van der Waals surface area contributed by atoms with Gasteiger partial charge in [-0.25, -0.2) is 0 Å². The molecule has 2 heteroatoms. The lowest BCUT2D eigenvalue weighted by atomic mass is 10.2. The topological polar surface area (TPSA) is 21.3 Å². The summed E-state index contributed by atoms with van der Waals surface area (Å²) in [6, 6.07) is 0. The van der Waals surface area contributed by atoms with Crippen molar-refractivity contribution in [3.8, 4) is 0 Å². The van der Waals surface area contributed by atoms with Crippen LogP contribution in [-0.4, -0.2) is 19.8 Å². The van der Waals surface area contributed by atoms with E-state index in [0.29, 0.717) is 0 Å². The Morgan fingerprint density at radius 3 is 2.67 bits per heavy atom. The van der Waals surface area contributed by atoms with Crippen LogP contribution in [0.4, 0.5) is 0 Å². The normalized spacial score (nSPS) is 19.1. The van der Waals surface area contributed by atoms with Crippen LogP contribution < -0.4 is 5.32 Å². The van der Waals surface area contributed by atoms with Gasteiger partial charge in [0, 0.05) is 12.2 Å². The minimum atomic E-state index is 0.766. The van der Waals surface area contributed by atoms with Gasteiger partial charge in [-0.3, -0.25) is 0 Å². The molecule has 0 amide bonds. The van der Waals surface area contributed by atoms with Crippen molar-refractivity contribution < 1.29 is 4.74 Å². The van der Waals surface area contributed by atoms with Crippen LogP contribution >= 0.6 is 0 Å². The van der Waals surface area contributed by atoms with Gasteiger partial charge >= 0.3 is 0 Å². The zero-order valence-electron chi connectivity index (χ0n) is 6.03. The second-order valence-electron chi connectivity index (χ2n) is 2.46. The van der Waals surface area contributed by atoms with Crippen molar-refractivity contribution in [3.05, 3.63) is 11.3 Å². The number of nitrogens with one attached hydrogen (secondary N) is 1. The maximum Gasteiger partial charge on any atom is 0.0862 e. The molecule has 0 aliphatic carbocycles. The average molecular weight is 127 g/mol. The third-order valence-corrected chi connectivity index (χ3v) is 1.43. The first-order valence-electron chi connectivity index (χ1n) is 3.28. The van der Waals surface area contributed by atoms with Gasteiger partial charge in [-0.05, 0) is 13.8 Å². The SMILES string of the molecule is CC(C)=C1COCCN1. The van der Waals surface area contributed by atoms with E-state index in [1.807, 2.05) is 0 Å². The van der Waals surface area contributed by atoms with E-state index in [1.165, 1.54) is 11.3 Å². The summed E-state index contributed by atoms with van der Waals surface area (Å²) < 4.78 is 5.22. The van der Waals surface area contributed by atoms with Gasteiger partial charge < -0.3 is 10.1 Å². The van der Waals surface area contributed by atoms with Crippen molar-refractivity contribution in [2.75, 3.05) is 19.8 Å². The predicted molar refractivity (Wildman–Crippen MR) is 37.2 cm³/mol. The largest absolute Gasteiger partial charge is 0.384 e. The van der Waals surface area contributed by atoms with Gasteiger partial charge in [0.1, 0.15) is 0 Å². The summed E-state index contributed by atoms with van der Waals surface area (Å²) >= 11 is 0. The first-order valence-corrected chi connectivity index (χ1v) is 3.28. The van der Waals surface area contributed by atoms with Crippen molar-refractivity contribution in [1.82, 2.24) is 5.32 Å². The van der Waals surface area contributed by atoms with E-state index in [2.05, 4.69) is 19.2 Å². The van der Waals surface area contributed by atoms with Crippen molar-refractivity contribution >= 4 is 0 Å². The Balaban J connectivity index is 2.49. The van der Waals surface area contributed by atoms with E-state index < -0.39 is 0 Å². The second kappa shape index (κ2) is 2.87. The molecule has 1 fully saturated rings. The molecule has 52 valence electrons. The fourth-order valence-electron chi connectivity index (χ4n) is 0.820. The number of allylic oxidation sites excluding steroid dienone is 1. The van der Waals surface area contributed by atoms with Crippen LogP contribution in [0.3, 0.4) is 0 Å². The summed E-state index contributed by atoms with van der Waals surface area (Å²) in [5, 5.41) is 3.27. The zero-order chi connectivity index (χ0) is 6.69. The highest BCUT2D eigenvalue weighted by molar-refractivity contribution is 5.09. The molecule has 1 aliphatic rings. The van der Waals surface area contributed by atoms with Crippen molar-refractivity contribution in [3.63, 3.8) is 0 Å². The fraction of sp³-hybridized carbons (Fsp3) is 0.714. The maximum absolute atomic E-state index is 5.22. The van der Waals surface area contributed by atoms with Gasteiger partial charge in [-0.15, -0.1) is 0 Å². The Labute approximate surface area is 55.9 Å². The first-order chi connectivity index (χ1) is 4.30. The van der Waals surface area contributed by atoms with E-state index in [4.69, 9.17) is 4.74 Å². The highest BCUT2D eigenvalue weighted by Crippen LogP contribution is 2.02. The van der Waals surface area contributed by atoms with Gasteiger partial charge in [-0.1, -0.05) is 5.57 Å². The molecule has 0 spiro atoms. The van der Waals surface area contributed by atoms with Gasteiger partial charge in [0.25, 0.3) is 0 Å². The van der Waals surface area contributed by atoms with Crippen LogP contribution in [0.1, 0.15) is 13.8 Å². The third kappa shape index (κ3) is 1.72. The summed E-state index contributed by atoms with van der Waals surface area (Å²) in [6.07, 6.45) is 0. The molecular weight excluding hydrogens is 114 g/mol. The second-order valence-corrected chi connectivity index (χ2v) is 2.46. The van der Waals surface area contributed by atoms with Crippen LogP contribution in [0.25, 0.3) is 0 Å². The number of hydrogen-bond acceptors (Lipinski definition) is 2. The Hall–Kier alpha value is -0.500. The van der Waals surface area contributed by atoms with E-state index in [0.717, 1.165) is 19.8 Å². The molecule has 1 N–H and O–H groups in total. The third-order valence-electron chi connectivity index (χ3n) is 1.43. The van der Waals surface area contributed by atoms with Crippen LogP contribution in [0.2, 0.25) is 0 Å². The van der Waals surface area contributed by atoms with E-state index in [1.54, 1.807) is 0 Å². The van der Waals surface area contributed by atoms with Crippen LogP contribution in [0.5, 0.6) is 0 Å². The molecule has 2 nitrogen and oxygen atoms in total. The molecule has 0 saturated carbocycles. The summed E-state index contributed by atoms with van der Waals surface area (Å²) in [7, 11) is 0. The van der Waals surface area contributed by atoms with E-state index >= 15 is 0 Å². The molecular formula is C7H13NO. The molecule has 1 aliphatic heterocycles. The Bertz CT molecular complexity index is 117. The number of morpholine rings is 1.